The Hall–Kier alpha value is -1.06. The third-order valence-corrected chi connectivity index (χ3v) is 4.16. The van der Waals surface area contributed by atoms with Crippen LogP contribution in [0.5, 0.6) is 5.75 Å². The number of nitrogens with zero attached hydrogens (tertiary/aromatic N) is 1. The number of ether oxygens (including phenoxy) is 1. The summed E-state index contributed by atoms with van der Waals surface area (Å²) < 4.78 is 5.56. The van der Waals surface area contributed by atoms with E-state index in [1.54, 1.807) is 0 Å². The summed E-state index contributed by atoms with van der Waals surface area (Å²) in [6, 6.07) is 9.09. The Labute approximate surface area is 129 Å². The molecule has 0 saturated carbocycles. The molecule has 1 aliphatic rings. The van der Waals surface area contributed by atoms with Gasteiger partial charge in [-0.15, -0.1) is 0 Å². The Bertz CT molecular complexity index is 408. The van der Waals surface area contributed by atoms with Crippen LogP contribution in [0.3, 0.4) is 0 Å². The van der Waals surface area contributed by atoms with Crippen molar-refractivity contribution in [3.8, 4) is 5.75 Å². The molecule has 118 valence electrons. The number of likely N-dealkylation sites (tertiary alicyclic amines) is 1. The molecule has 0 spiro atoms. The zero-order valence-corrected chi connectivity index (χ0v) is 13.6. The summed E-state index contributed by atoms with van der Waals surface area (Å²) in [6.07, 6.45) is 5.15. The average Bonchev–Trinajstić information content (AvgIpc) is 2.72. The highest BCUT2D eigenvalue weighted by atomic mass is 16.5. The van der Waals surface area contributed by atoms with E-state index in [0.29, 0.717) is 6.04 Å². The maximum absolute atomic E-state index is 5.56. The fraction of sp³-hybridized carbons (Fsp3) is 0.667. The third-order valence-electron chi connectivity index (χ3n) is 4.16. The van der Waals surface area contributed by atoms with Crippen LogP contribution in [0.2, 0.25) is 0 Å². The molecule has 0 bridgehead atoms. The number of rotatable bonds is 7. The van der Waals surface area contributed by atoms with Crippen LogP contribution in [0.4, 0.5) is 0 Å². The van der Waals surface area contributed by atoms with Crippen LogP contribution in [-0.4, -0.2) is 37.2 Å². The zero-order valence-electron chi connectivity index (χ0n) is 13.6. The molecule has 1 aromatic rings. The maximum atomic E-state index is 5.56. The van der Waals surface area contributed by atoms with E-state index in [0.717, 1.165) is 18.9 Å². The van der Waals surface area contributed by atoms with Crippen molar-refractivity contribution in [3.05, 3.63) is 29.8 Å². The molecule has 1 atom stereocenters. The highest BCUT2D eigenvalue weighted by molar-refractivity contribution is 5.28. The standard InChI is InChI=1S/C18H30N2O/c1-3-11-20-12-6-8-17(10-13-20)19-15-16-7-5-9-18(14-16)21-4-2/h5,7,9,14,17,19H,3-4,6,8,10-13,15H2,1-2H3. The maximum Gasteiger partial charge on any atom is 0.119 e. The summed E-state index contributed by atoms with van der Waals surface area (Å²) >= 11 is 0. The van der Waals surface area contributed by atoms with Gasteiger partial charge >= 0.3 is 0 Å². The minimum atomic E-state index is 0.655. The molecule has 1 N–H and O–H groups in total. The lowest BCUT2D eigenvalue weighted by Gasteiger charge is -2.19. The molecule has 2 rings (SSSR count). The van der Waals surface area contributed by atoms with Crippen LogP contribution in [0.15, 0.2) is 24.3 Å². The fourth-order valence-corrected chi connectivity index (χ4v) is 3.07. The van der Waals surface area contributed by atoms with Gasteiger partial charge in [0, 0.05) is 12.6 Å². The van der Waals surface area contributed by atoms with Gasteiger partial charge in [0.25, 0.3) is 0 Å². The van der Waals surface area contributed by atoms with E-state index in [1.807, 2.05) is 13.0 Å². The first kappa shape index (κ1) is 16.3. The Morgan fingerprint density at radius 3 is 2.95 bits per heavy atom. The minimum Gasteiger partial charge on any atom is -0.494 e. The molecule has 1 heterocycles. The molecule has 1 aliphatic heterocycles. The molecule has 0 amide bonds. The molecule has 1 unspecified atom stereocenters. The predicted molar refractivity (Wildman–Crippen MR) is 88.8 cm³/mol. The Morgan fingerprint density at radius 1 is 1.24 bits per heavy atom. The quantitative estimate of drug-likeness (QED) is 0.832. The van der Waals surface area contributed by atoms with E-state index in [2.05, 4.69) is 35.3 Å². The van der Waals surface area contributed by atoms with Gasteiger partial charge < -0.3 is 15.0 Å². The first-order valence-electron chi connectivity index (χ1n) is 8.49. The zero-order chi connectivity index (χ0) is 14.9. The molecular weight excluding hydrogens is 260 g/mol. The van der Waals surface area contributed by atoms with Crippen LogP contribution in [0.25, 0.3) is 0 Å². The van der Waals surface area contributed by atoms with Crippen LogP contribution >= 0.6 is 0 Å². The van der Waals surface area contributed by atoms with Gasteiger partial charge in [-0.2, -0.15) is 0 Å². The van der Waals surface area contributed by atoms with Crippen molar-refractivity contribution in [2.45, 2.75) is 52.1 Å². The summed E-state index contributed by atoms with van der Waals surface area (Å²) in [5, 5.41) is 3.73. The van der Waals surface area contributed by atoms with Gasteiger partial charge in [0.15, 0.2) is 0 Å². The van der Waals surface area contributed by atoms with Crippen molar-refractivity contribution in [1.29, 1.82) is 0 Å². The summed E-state index contributed by atoms with van der Waals surface area (Å²) in [7, 11) is 0. The smallest absolute Gasteiger partial charge is 0.119 e. The lowest BCUT2D eigenvalue weighted by Crippen LogP contribution is -2.30. The molecule has 0 aromatic heterocycles. The highest BCUT2D eigenvalue weighted by Crippen LogP contribution is 2.15. The Balaban J connectivity index is 1.78. The van der Waals surface area contributed by atoms with Gasteiger partial charge in [-0.1, -0.05) is 19.1 Å². The monoisotopic (exact) mass is 290 g/mol. The number of hydrogen-bond acceptors (Lipinski definition) is 3. The third kappa shape index (κ3) is 5.68. The van der Waals surface area contributed by atoms with E-state index in [-0.39, 0.29) is 0 Å². The number of benzene rings is 1. The van der Waals surface area contributed by atoms with E-state index in [9.17, 15) is 0 Å². The van der Waals surface area contributed by atoms with E-state index in [1.165, 1.54) is 50.9 Å². The van der Waals surface area contributed by atoms with Crippen LogP contribution < -0.4 is 10.1 Å². The molecular formula is C18H30N2O. The topological polar surface area (TPSA) is 24.5 Å². The van der Waals surface area contributed by atoms with E-state index < -0.39 is 0 Å². The second kappa shape index (κ2) is 9.06. The van der Waals surface area contributed by atoms with Crippen molar-refractivity contribution in [3.63, 3.8) is 0 Å². The van der Waals surface area contributed by atoms with Gasteiger partial charge in [0.2, 0.25) is 0 Å². The van der Waals surface area contributed by atoms with E-state index in [4.69, 9.17) is 4.74 Å². The normalized spacial score (nSPS) is 20.2. The number of hydrogen-bond donors (Lipinski definition) is 1. The van der Waals surface area contributed by atoms with Gasteiger partial charge in [-0.3, -0.25) is 0 Å². The first-order valence-corrected chi connectivity index (χ1v) is 8.49. The lowest BCUT2D eigenvalue weighted by atomic mass is 10.1. The summed E-state index contributed by atoms with van der Waals surface area (Å²) in [4.78, 5) is 2.61. The molecule has 3 nitrogen and oxygen atoms in total. The molecule has 1 aromatic carbocycles. The van der Waals surface area contributed by atoms with Crippen molar-refractivity contribution in [1.82, 2.24) is 10.2 Å². The lowest BCUT2D eigenvalue weighted by molar-refractivity contribution is 0.282. The first-order chi connectivity index (χ1) is 10.3. The molecule has 21 heavy (non-hydrogen) atoms. The Morgan fingerprint density at radius 2 is 2.14 bits per heavy atom. The van der Waals surface area contributed by atoms with Gasteiger partial charge in [0.05, 0.1) is 6.61 Å². The minimum absolute atomic E-state index is 0.655. The molecule has 1 saturated heterocycles. The molecule has 0 aliphatic carbocycles. The predicted octanol–water partition coefficient (Wildman–Crippen LogP) is 3.44. The van der Waals surface area contributed by atoms with Gasteiger partial charge in [-0.25, -0.2) is 0 Å². The van der Waals surface area contributed by atoms with Crippen LogP contribution in [0.1, 0.15) is 45.1 Å². The second-order valence-electron chi connectivity index (χ2n) is 5.93. The number of nitrogens with one attached hydrogen (secondary N) is 1. The second-order valence-corrected chi connectivity index (χ2v) is 5.93. The van der Waals surface area contributed by atoms with Gasteiger partial charge in [-0.05, 0) is 69.9 Å². The Kier molecular flexibility index (Phi) is 7.04. The molecule has 3 heteroatoms. The summed E-state index contributed by atoms with van der Waals surface area (Å²) in [5.41, 5.74) is 1.32. The van der Waals surface area contributed by atoms with Crippen LogP contribution in [-0.2, 0) is 6.54 Å². The van der Waals surface area contributed by atoms with Crippen molar-refractivity contribution in [2.24, 2.45) is 0 Å². The van der Waals surface area contributed by atoms with Crippen molar-refractivity contribution < 1.29 is 4.74 Å². The summed E-state index contributed by atoms with van der Waals surface area (Å²) in [5.74, 6) is 0.979. The largest absolute Gasteiger partial charge is 0.494 e. The van der Waals surface area contributed by atoms with Crippen molar-refractivity contribution in [2.75, 3.05) is 26.2 Å². The average molecular weight is 290 g/mol. The molecule has 1 fully saturated rings. The van der Waals surface area contributed by atoms with Gasteiger partial charge in [0.1, 0.15) is 5.75 Å². The van der Waals surface area contributed by atoms with Crippen LogP contribution in [0, 0.1) is 0 Å². The van der Waals surface area contributed by atoms with E-state index >= 15 is 0 Å². The molecule has 0 radical (unpaired) electrons. The summed E-state index contributed by atoms with van der Waals surface area (Å²) in [6.45, 7) is 9.73. The fourth-order valence-electron chi connectivity index (χ4n) is 3.07. The van der Waals surface area contributed by atoms with Crippen molar-refractivity contribution >= 4 is 0 Å². The SMILES string of the molecule is CCCN1CCCC(NCc2cccc(OCC)c2)CC1. The highest BCUT2D eigenvalue weighted by Gasteiger charge is 2.15.